The van der Waals surface area contributed by atoms with E-state index in [0.29, 0.717) is 13.2 Å². The van der Waals surface area contributed by atoms with Gasteiger partial charge < -0.3 is 14.4 Å². The molecule has 38 heavy (non-hydrogen) atoms. The van der Waals surface area contributed by atoms with Crippen LogP contribution in [0.15, 0.2) is 108 Å². The number of ether oxygens (including phenoxy) is 2. The van der Waals surface area contributed by atoms with E-state index < -0.39 is 0 Å². The molecule has 1 amide bonds. The van der Waals surface area contributed by atoms with E-state index in [4.69, 9.17) is 9.47 Å². The molecule has 8 nitrogen and oxygen atoms in total. The van der Waals surface area contributed by atoms with E-state index in [2.05, 4.69) is 4.98 Å². The van der Waals surface area contributed by atoms with Crippen LogP contribution in [-0.2, 0) is 6.61 Å². The van der Waals surface area contributed by atoms with Crippen LogP contribution in [0.3, 0.4) is 0 Å². The number of hydrogen-bond donors (Lipinski definition) is 0. The lowest BCUT2D eigenvalue weighted by atomic mass is 9.98. The standard InChI is InChI=1S/C30H26N4O4/c35-25-14-17-33-28(29(25)38-20-22-9-2-1-3-10-22)30(36)32-16-6-7-18-37-26-13-5-4-12-24(26)27(34(33)21-32)23-11-8-15-31-19-23/h1-15,17,19,27H,16,18,20-21H2/b7-6-. The van der Waals surface area contributed by atoms with E-state index in [0.717, 1.165) is 22.4 Å². The number of carbonyl (C=O) groups is 1. The van der Waals surface area contributed by atoms with Gasteiger partial charge in [0.15, 0.2) is 11.4 Å². The van der Waals surface area contributed by atoms with Crippen molar-refractivity contribution in [1.29, 1.82) is 0 Å². The van der Waals surface area contributed by atoms with Gasteiger partial charge in [-0.25, -0.2) is 0 Å². The minimum Gasteiger partial charge on any atom is -0.489 e. The number of para-hydroxylation sites is 1. The normalized spacial score (nSPS) is 17.5. The van der Waals surface area contributed by atoms with Crippen LogP contribution in [0.2, 0.25) is 0 Å². The molecule has 1 unspecified atom stereocenters. The van der Waals surface area contributed by atoms with E-state index >= 15 is 0 Å². The minimum atomic E-state index is -0.364. The fourth-order valence-electron chi connectivity index (χ4n) is 4.89. The van der Waals surface area contributed by atoms with Crippen molar-refractivity contribution in [3.8, 4) is 11.5 Å². The third kappa shape index (κ3) is 4.41. The van der Waals surface area contributed by atoms with Gasteiger partial charge in [0, 0.05) is 36.8 Å². The Labute approximate surface area is 220 Å². The maximum absolute atomic E-state index is 13.8. The Bertz CT molecular complexity index is 1540. The van der Waals surface area contributed by atoms with E-state index in [1.54, 1.807) is 22.0 Å². The Morgan fingerprint density at radius 2 is 1.79 bits per heavy atom. The van der Waals surface area contributed by atoms with E-state index in [1.807, 2.05) is 90.1 Å². The van der Waals surface area contributed by atoms with Crippen LogP contribution < -0.4 is 19.9 Å². The molecule has 0 radical (unpaired) electrons. The predicted octanol–water partition coefficient (Wildman–Crippen LogP) is 3.91. The lowest BCUT2D eigenvalue weighted by molar-refractivity contribution is 0.0698. The van der Waals surface area contributed by atoms with Gasteiger partial charge >= 0.3 is 0 Å². The van der Waals surface area contributed by atoms with Crippen LogP contribution in [0, 0.1) is 0 Å². The van der Waals surface area contributed by atoms with Gasteiger partial charge in [0.25, 0.3) is 5.91 Å². The molecular weight excluding hydrogens is 480 g/mol. The number of benzene rings is 2. The topological polar surface area (TPSA) is 76.9 Å². The van der Waals surface area contributed by atoms with E-state index in [-0.39, 0.29) is 42.1 Å². The molecule has 0 N–H and O–H groups in total. The summed E-state index contributed by atoms with van der Waals surface area (Å²) in [4.78, 5) is 33.0. The first-order chi connectivity index (χ1) is 18.7. The quantitative estimate of drug-likeness (QED) is 0.391. The first-order valence-electron chi connectivity index (χ1n) is 12.5. The van der Waals surface area contributed by atoms with Gasteiger partial charge in [-0.05, 0) is 29.3 Å². The maximum atomic E-state index is 13.8. The van der Waals surface area contributed by atoms with Crippen molar-refractivity contribution in [2.24, 2.45) is 0 Å². The van der Waals surface area contributed by atoms with Crippen molar-refractivity contribution < 1.29 is 14.3 Å². The molecule has 2 bridgehead atoms. The molecule has 1 atom stereocenters. The van der Waals surface area contributed by atoms with Gasteiger partial charge in [-0.15, -0.1) is 0 Å². The van der Waals surface area contributed by atoms with Crippen LogP contribution in [0.5, 0.6) is 11.5 Å². The molecule has 190 valence electrons. The van der Waals surface area contributed by atoms with Gasteiger partial charge in [-0.2, -0.15) is 0 Å². The third-order valence-corrected chi connectivity index (χ3v) is 6.68. The van der Waals surface area contributed by atoms with Crippen molar-refractivity contribution in [3.05, 3.63) is 136 Å². The zero-order valence-corrected chi connectivity index (χ0v) is 20.6. The summed E-state index contributed by atoms with van der Waals surface area (Å²) in [7, 11) is 0. The summed E-state index contributed by atoms with van der Waals surface area (Å²) in [5.41, 5.74) is 2.59. The number of fused-ring (bicyclic) bond motifs is 5. The molecule has 0 saturated heterocycles. The number of hydrogen-bond acceptors (Lipinski definition) is 6. The molecule has 2 aliphatic heterocycles. The summed E-state index contributed by atoms with van der Waals surface area (Å²) >= 11 is 0. The fourth-order valence-corrected chi connectivity index (χ4v) is 4.89. The van der Waals surface area contributed by atoms with Gasteiger partial charge in [0.2, 0.25) is 5.43 Å². The average Bonchev–Trinajstić information content (AvgIpc) is 2.99. The van der Waals surface area contributed by atoms with Gasteiger partial charge in [-0.1, -0.05) is 60.7 Å². The molecule has 2 aliphatic rings. The predicted molar refractivity (Wildman–Crippen MR) is 143 cm³/mol. The SMILES string of the molecule is O=C1c2c(OCc3ccccc3)c(=O)ccn2N2CN1C/C=C\COc1ccccc1C2c1cccnc1. The monoisotopic (exact) mass is 506 g/mol. The second kappa shape index (κ2) is 10.3. The lowest BCUT2D eigenvalue weighted by Crippen LogP contribution is -2.55. The van der Waals surface area contributed by atoms with Crippen LogP contribution in [-0.4, -0.2) is 40.3 Å². The molecule has 0 spiro atoms. The average molecular weight is 507 g/mol. The smallest absolute Gasteiger partial charge is 0.278 e. The largest absolute Gasteiger partial charge is 0.489 e. The van der Waals surface area contributed by atoms with Crippen LogP contribution in [0.25, 0.3) is 0 Å². The van der Waals surface area contributed by atoms with Crippen LogP contribution in [0.4, 0.5) is 0 Å². The highest BCUT2D eigenvalue weighted by atomic mass is 16.5. The highest BCUT2D eigenvalue weighted by Gasteiger charge is 2.37. The first kappa shape index (κ1) is 23.5. The summed E-state index contributed by atoms with van der Waals surface area (Å²) in [5, 5.41) is 2.05. The first-order valence-corrected chi connectivity index (χ1v) is 12.5. The van der Waals surface area contributed by atoms with Crippen LogP contribution in [0.1, 0.15) is 33.2 Å². The van der Waals surface area contributed by atoms with E-state index in [1.165, 1.54) is 6.07 Å². The van der Waals surface area contributed by atoms with Crippen molar-refractivity contribution >= 4 is 5.91 Å². The molecule has 0 fully saturated rings. The minimum absolute atomic E-state index is 0.0318. The summed E-state index contributed by atoms with van der Waals surface area (Å²) in [6.07, 6.45) is 9.00. The Morgan fingerprint density at radius 3 is 2.63 bits per heavy atom. The number of nitrogens with zero attached hydrogens (tertiary/aromatic N) is 4. The second-order valence-corrected chi connectivity index (χ2v) is 9.09. The number of pyridine rings is 2. The molecule has 4 heterocycles. The molecule has 6 rings (SSSR count). The molecule has 2 aromatic carbocycles. The summed E-state index contributed by atoms with van der Waals surface area (Å²) < 4.78 is 13.9. The van der Waals surface area contributed by atoms with Crippen molar-refractivity contribution in [2.75, 3.05) is 24.8 Å². The maximum Gasteiger partial charge on any atom is 0.278 e. The number of amides is 1. The van der Waals surface area contributed by atoms with Gasteiger partial charge in [0.1, 0.15) is 31.7 Å². The molecule has 4 aromatic rings. The molecule has 8 heteroatoms. The Morgan fingerprint density at radius 1 is 0.947 bits per heavy atom. The zero-order valence-electron chi connectivity index (χ0n) is 20.6. The summed E-state index contributed by atoms with van der Waals surface area (Å²) in [6, 6.07) is 22.4. The van der Waals surface area contributed by atoms with Crippen molar-refractivity contribution in [3.63, 3.8) is 0 Å². The lowest BCUT2D eigenvalue weighted by Gasteiger charge is -2.44. The highest BCUT2D eigenvalue weighted by molar-refractivity contribution is 5.96. The van der Waals surface area contributed by atoms with Crippen molar-refractivity contribution in [1.82, 2.24) is 14.6 Å². The summed E-state index contributed by atoms with van der Waals surface area (Å²) in [6.45, 7) is 1.18. The van der Waals surface area contributed by atoms with Crippen molar-refractivity contribution in [2.45, 2.75) is 12.6 Å². The molecular formula is C30H26N4O4. The van der Waals surface area contributed by atoms with Gasteiger partial charge in [0.05, 0.1) is 0 Å². The number of carbonyl (C=O) groups excluding carboxylic acids is 1. The van der Waals surface area contributed by atoms with Crippen LogP contribution >= 0.6 is 0 Å². The number of rotatable bonds is 4. The number of aromatic nitrogens is 2. The molecule has 2 aromatic heterocycles. The zero-order chi connectivity index (χ0) is 25.9. The van der Waals surface area contributed by atoms with E-state index in [9.17, 15) is 9.59 Å². The summed E-state index contributed by atoms with van der Waals surface area (Å²) in [5.74, 6) is 0.494. The van der Waals surface area contributed by atoms with Gasteiger partial charge in [-0.3, -0.25) is 24.3 Å². The molecule has 0 aliphatic carbocycles. The third-order valence-electron chi connectivity index (χ3n) is 6.68. The Kier molecular flexibility index (Phi) is 6.35. The highest BCUT2D eigenvalue weighted by Crippen LogP contribution is 2.36. The Balaban J connectivity index is 1.54. The molecule has 0 saturated carbocycles. The fraction of sp³-hybridized carbons (Fsp3) is 0.167. The Hall–Kier alpha value is -4.85. The second-order valence-electron chi connectivity index (χ2n) is 9.09.